The molecule has 1 aliphatic rings. The molecule has 4 nitrogen and oxygen atoms in total. The second kappa shape index (κ2) is 5.71. The van der Waals surface area contributed by atoms with E-state index in [0.29, 0.717) is 6.61 Å². The van der Waals surface area contributed by atoms with Crippen LogP contribution in [0.1, 0.15) is 33.6 Å². The number of esters is 1. The van der Waals surface area contributed by atoms with Crippen LogP contribution in [0.3, 0.4) is 0 Å². The van der Waals surface area contributed by atoms with Crippen molar-refractivity contribution in [1.29, 1.82) is 0 Å². The Morgan fingerprint density at radius 1 is 1.39 bits per heavy atom. The normalized spacial score (nSPS) is 25.2. The predicted molar refractivity (Wildman–Crippen MR) is 73.1 cm³/mol. The first-order valence-electron chi connectivity index (χ1n) is 6.53. The van der Waals surface area contributed by atoms with Gasteiger partial charge in [0, 0.05) is 6.61 Å². The van der Waals surface area contributed by atoms with Gasteiger partial charge in [-0.05, 0) is 24.6 Å². The van der Waals surface area contributed by atoms with Crippen LogP contribution in [-0.2, 0) is 18.7 Å². The van der Waals surface area contributed by atoms with Crippen molar-refractivity contribution in [2.24, 2.45) is 0 Å². The van der Waals surface area contributed by atoms with Crippen molar-refractivity contribution in [3.63, 3.8) is 0 Å². The molecule has 0 aromatic heterocycles. The van der Waals surface area contributed by atoms with Crippen LogP contribution in [0.4, 0.5) is 0 Å². The van der Waals surface area contributed by atoms with Gasteiger partial charge in [-0.15, -0.1) is 0 Å². The number of hydrogen-bond acceptors (Lipinski definition) is 4. The molecule has 0 bridgehead atoms. The van der Waals surface area contributed by atoms with E-state index >= 15 is 0 Å². The largest absolute Gasteiger partial charge is 0.469 e. The fraction of sp³-hybridized carbons (Fsp3) is 0.923. The zero-order valence-corrected chi connectivity index (χ0v) is 13.4. The summed E-state index contributed by atoms with van der Waals surface area (Å²) in [6, 6.07) is 0. The monoisotopic (exact) mass is 274 g/mol. The standard InChI is InChI=1S/C13H26O4Si/c1-13(2,3)18(5,6)17-10-7-8-16-11(10)9-12(14)15-4/h10-11H,7-9H2,1-6H3/t10-,11?/m0/s1. The molecule has 1 unspecified atom stereocenters. The lowest BCUT2D eigenvalue weighted by Crippen LogP contribution is -2.46. The van der Waals surface area contributed by atoms with Gasteiger partial charge in [-0.3, -0.25) is 4.79 Å². The van der Waals surface area contributed by atoms with E-state index in [1.165, 1.54) is 7.11 Å². The number of carbonyl (C=O) groups excluding carboxylic acids is 1. The van der Waals surface area contributed by atoms with Gasteiger partial charge in [0.1, 0.15) is 0 Å². The molecule has 0 amide bonds. The van der Waals surface area contributed by atoms with Crippen molar-refractivity contribution in [3.8, 4) is 0 Å². The maximum Gasteiger partial charge on any atom is 0.308 e. The van der Waals surface area contributed by atoms with Gasteiger partial charge in [0.25, 0.3) is 0 Å². The third kappa shape index (κ3) is 3.80. The number of hydrogen-bond donors (Lipinski definition) is 0. The summed E-state index contributed by atoms with van der Waals surface area (Å²) in [7, 11) is -0.401. The van der Waals surface area contributed by atoms with Crippen LogP contribution in [0.2, 0.25) is 18.1 Å². The molecule has 0 aliphatic carbocycles. The predicted octanol–water partition coefficient (Wildman–Crippen LogP) is 2.73. The summed E-state index contributed by atoms with van der Waals surface area (Å²) in [5, 5.41) is 0.172. The first-order valence-corrected chi connectivity index (χ1v) is 9.44. The first-order chi connectivity index (χ1) is 8.17. The Labute approximate surface area is 111 Å². The van der Waals surface area contributed by atoms with Crippen molar-refractivity contribution < 1.29 is 18.7 Å². The number of methoxy groups -OCH3 is 1. The van der Waals surface area contributed by atoms with E-state index in [1.54, 1.807) is 0 Å². The molecule has 106 valence electrons. The highest BCUT2D eigenvalue weighted by Crippen LogP contribution is 2.39. The van der Waals surface area contributed by atoms with Gasteiger partial charge in [-0.25, -0.2) is 0 Å². The Bertz CT molecular complexity index is 296. The lowest BCUT2D eigenvalue weighted by molar-refractivity contribution is -0.144. The summed E-state index contributed by atoms with van der Waals surface area (Å²) in [5.41, 5.74) is 0. The molecular weight excluding hydrogens is 248 g/mol. The second-order valence-corrected chi connectivity index (χ2v) is 11.2. The molecule has 1 saturated heterocycles. The highest BCUT2D eigenvalue weighted by Gasteiger charge is 2.42. The minimum absolute atomic E-state index is 0.0324. The maximum atomic E-state index is 11.3. The third-order valence-electron chi connectivity index (χ3n) is 4.00. The van der Waals surface area contributed by atoms with Crippen LogP contribution in [0.15, 0.2) is 0 Å². The Morgan fingerprint density at radius 2 is 2.00 bits per heavy atom. The number of ether oxygens (including phenoxy) is 2. The van der Waals surface area contributed by atoms with E-state index in [9.17, 15) is 4.79 Å². The summed E-state index contributed by atoms with van der Waals surface area (Å²) in [6.07, 6.45) is 1.04. The van der Waals surface area contributed by atoms with Crippen LogP contribution in [0, 0.1) is 0 Å². The molecule has 0 aromatic rings. The molecule has 0 aromatic carbocycles. The van der Waals surface area contributed by atoms with Gasteiger partial charge in [0.05, 0.1) is 25.7 Å². The van der Waals surface area contributed by atoms with Gasteiger partial charge >= 0.3 is 5.97 Å². The Balaban J connectivity index is 2.63. The van der Waals surface area contributed by atoms with Crippen molar-refractivity contribution in [2.75, 3.05) is 13.7 Å². The molecule has 0 N–H and O–H groups in total. The van der Waals surface area contributed by atoms with E-state index in [4.69, 9.17) is 13.9 Å². The molecule has 5 heteroatoms. The molecular formula is C13H26O4Si. The topological polar surface area (TPSA) is 44.8 Å². The number of carbonyl (C=O) groups is 1. The Morgan fingerprint density at radius 3 is 2.50 bits per heavy atom. The average molecular weight is 274 g/mol. The van der Waals surface area contributed by atoms with Crippen LogP contribution < -0.4 is 0 Å². The average Bonchev–Trinajstić information content (AvgIpc) is 2.63. The highest BCUT2D eigenvalue weighted by atomic mass is 28.4. The van der Waals surface area contributed by atoms with Crippen LogP contribution in [0.5, 0.6) is 0 Å². The molecule has 0 radical (unpaired) electrons. The van der Waals surface area contributed by atoms with Gasteiger partial charge in [-0.1, -0.05) is 20.8 Å². The number of rotatable bonds is 4. The summed E-state index contributed by atoms with van der Waals surface area (Å²) >= 11 is 0. The molecule has 1 heterocycles. The zero-order chi connectivity index (χ0) is 14.0. The molecule has 0 spiro atoms. The molecule has 2 atom stereocenters. The molecule has 0 saturated carbocycles. The van der Waals surface area contributed by atoms with Crippen LogP contribution in [-0.4, -0.2) is 40.2 Å². The minimum atomic E-state index is -1.81. The van der Waals surface area contributed by atoms with E-state index < -0.39 is 8.32 Å². The quantitative estimate of drug-likeness (QED) is 0.584. The van der Waals surface area contributed by atoms with E-state index in [2.05, 4.69) is 33.9 Å². The summed E-state index contributed by atoms with van der Waals surface area (Å²) in [6.45, 7) is 11.8. The molecule has 1 fully saturated rings. The molecule has 1 aliphatic heterocycles. The fourth-order valence-electron chi connectivity index (χ4n) is 1.76. The second-order valence-electron chi connectivity index (χ2n) is 6.39. The van der Waals surface area contributed by atoms with Crippen LogP contribution >= 0.6 is 0 Å². The van der Waals surface area contributed by atoms with Gasteiger partial charge in [0.15, 0.2) is 8.32 Å². The van der Waals surface area contributed by atoms with Crippen molar-refractivity contribution in [1.82, 2.24) is 0 Å². The van der Waals surface area contributed by atoms with E-state index in [0.717, 1.165) is 6.42 Å². The highest BCUT2D eigenvalue weighted by molar-refractivity contribution is 6.74. The van der Waals surface area contributed by atoms with Gasteiger partial charge in [-0.2, -0.15) is 0 Å². The minimum Gasteiger partial charge on any atom is -0.469 e. The summed E-state index contributed by atoms with van der Waals surface area (Å²) in [5.74, 6) is -0.231. The molecule has 18 heavy (non-hydrogen) atoms. The van der Waals surface area contributed by atoms with Gasteiger partial charge in [0.2, 0.25) is 0 Å². The summed E-state index contributed by atoms with van der Waals surface area (Å²) < 4.78 is 16.6. The summed E-state index contributed by atoms with van der Waals surface area (Å²) in [4.78, 5) is 11.3. The van der Waals surface area contributed by atoms with Gasteiger partial charge < -0.3 is 13.9 Å². The smallest absolute Gasteiger partial charge is 0.308 e. The maximum absolute atomic E-state index is 11.3. The molecule has 1 rings (SSSR count). The first kappa shape index (κ1) is 15.7. The van der Waals surface area contributed by atoms with Crippen LogP contribution in [0.25, 0.3) is 0 Å². The van der Waals surface area contributed by atoms with E-state index in [-0.39, 0.29) is 29.6 Å². The lowest BCUT2D eigenvalue weighted by atomic mass is 10.1. The Hall–Kier alpha value is -0.393. The van der Waals surface area contributed by atoms with E-state index in [1.807, 2.05) is 0 Å². The van der Waals surface area contributed by atoms with Crippen molar-refractivity contribution in [2.45, 2.75) is 64.0 Å². The van der Waals surface area contributed by atoms with Crippen molar-refractivity contribution in [3.05, 3.63) is 0 Å². The van der Waals surface area contributed by atoms with Crippen molar-refractivity contribution >= 4 is 14.3 Å². The lowest BCUT2D eigenvalue weighted by Gasteiger charge is -2.39. The fourth-order valence-corrected chi connectivity index (χ4v) is 3.14. The third-order valence-corrected chi connectivity index (χ3v) is 8.50. The zero-order valence-electron chi connectivity index (χ0n) is 12.4. The SMILES string of the molecule is COC(=O)CC1OCC[C@@H]1O[Si](C)(C)C(C)(C)C. The Kier molecular flexibility index (Phi) is 4.97.